The topological polar surface area (TPSA) is 32.3 Å². The van der Waals surface area contributed by atoms with E-state index in [1.165, 1.54) is 0 Å². The highest BCUT2D eigenvalue weighted by Crippen LogP contribution is 2.18. The third-order valence-corrected chi connectivity index (χ3v) is 3.08. The van der Waals surface area contributed by atoms with Gasteiger partial charge in [-0.25, -0.2) is 0 Å². The van der Waals surface area contributed by atoms with Gasteiger partial charge in [0.25, 0.3) is 0 Å². The van der Waals surface area contributed by atoms with Crippen molar-refractivity contribution < 1.29 is 5.11 Å². The fourth-order valence-electron chi connectivity index (χ4n) is 1.47. The Hall–Kier alpha value is -0.860. The molecule has 2 heteroatoms. The van der Waals surface area contributed by atoms with E-state index < -0.39 is 6.10 Å². The molecule has 1 unspecified atom stereocenters. The van der Waals surface area contributed by atoms with E-state index in [0.717, 1.165) is 18.5 Å². The zero-order chi connectivity index (χ0) is 12.0. The first kappa shape index (κ1) is 13.2. The molecule has 0 bridgehead atoms. The van der Waals surface area contributed by atoms with E-state index in [2.05, 4.69) is 26.1 Å². The highest BCUT2D eigenvalue weighted by molar-refractivity contribution is 5.17. The SMILES string of the molecule is CCC(C)(C)CNCC(O)c1ccccc1. The molecule has 2 nitrogen and oxygen atoms in total. The largest absolute Gasteiger partial charge is 0.387 e. The predicted molar refractivity (Wildman–Crippen MR) is 68.3 cm³/mol. The fourth-order valence-corrected chi connectivity index (χ4v) is 1.47. The summed E-state index contributed by atoms with van der Waals surface area (Å²) in [4.78, 5) is 0. The second-order valence-corrected chi connectivity index (χ2v) is 5.08. The van der Waals surface area contributed by atoms with Crippen LogP contribution in [0.2, 0.25) is 0 Å². The average Bonchev–Trinajstić information content (AvgIpc) is 2.30. The van der Waals surface area contributed by atoms with E-state index in [-0.39, 0.29) is 0 Å². The zero-order valence-corrected chi connectivity index (χ0v) is 10.5. The van der Waals surface area contributed by atoms with Gasteiger partial charge in [-0.05, 0) is 17.4 Å². The maximum absolute atomic E-state index is 9.93. The van der Waals surface area contributed by atoms with Gasteiger partial charge in [0.2, 0.25) is 0 Å². The minimum absolute atomic E-state index is 0.302. The summed E-state index contributed by atoms with van der Waals surface area (Å²) >= 11 is 0. The van der Waals surface area contributed by atoms with Gasteiger partial charge in [-0.3, -0.25) is 0 Å². The first-order valence-corrected chi connectivity index (χ1v) is 5.99. The van der Waals surface area contributed by atoms with Crippen molar-refractivity contribution in [1.29, 1.82) is 0 Å². The monoisotopic (exact) mass is 221 g/mol. The first-order valence-electron chi connectivity index (χ1n) is 5.99. The Balaban J connectivity index is 2.34. The number of rotatable bonds is 6. The number of benzene rings is 1. The van der Waals surface area contributed by atoms with Crippen LogP contribution in [0.15, 0.2) is 30.3 Å². The van der Waals surface area contributed by atoms with Crippen molar-refractivity contribution in [2.24, 2.45) is 5.41 Å². The van der Waals surface area contributed by atoms with E-state index in [4.69, 9.17) is 0 Å². The van der Waals surface area contributed by atoms with Gasteiger partial charge in [-0.2, -0.15) is 0 Å². The van der Waals surface area contributed by atoms with Crippen LogP contribution in [0.4, 0.5) is 0 Å². The molecule has 1 aromatic carbocycles. The third-order valence-electron chi connectivity index (χ3n) is 3.08. The molecule has 1 atom stereocenters. The van der Waals surface area contributed by atoms with Crippen LogP contribution in [0.3, 0.4) is 0 Å². The fraction of sp³-hybridized carbons (Fsp3) is 0.571. The normalized spacial score (nSPS) is 13.8. The van der Waals surface area contributed by atoms with Crippen molar-refractivity contribution in [3.05, 3.63) is 35.9 Å². The van der Waals surface area contributed by atoms with Crippen LogP contribution in [0, 0.1) is 5.41 Å². The molecule has 0 fully saturated rings. The molecule has 0 amide bonds. The van der Waals surface area contributed by atoms with Crippen molar-refractivity contribution >= 4 is 0 Å². The van der Waals surface area contributed by atoms with E-state index >= 15 is 0 Å². The van der Waals surface area contributed by atoms with E-state index in [9.17, 15) is 5.11 Å². The Bertz CT molecular complexity index is 295. The lowest BCUT2D eigenvalue weighted by atomic mass is 9.90. The van der Waals surface area contributed by atoms with Gasteiger partial charge in [0.05, 0.1) is 6.10 Å². The van der Waals surface area contributed by atoms with Gasteiger partial charge >= 0.3 is 0 Å². The molecule has 1 aromatic rings. The first-order chi connectivity index (χ1) is 7.55. The van der Waals surface area contributed by atoms with E-state index in [1.54, 1.807) is 0 Å². The molecular weight excluding hydrogens is 198 g/mol. The van der Waals surface area contributed by atoms with Crippen molar-refractivity contribution in [2.45, 2.75) is 33.3 Å². The Morgan fingerprint density at radius 2 is 1.88 bits per heavy atom. The van der Waals surface area contributed by atoms with Crippen LogP contribution in [0.25, 0.3) is 0 Å². The standard InChI is InChI=1S/C14H23NO/c1-4-14(2,3)11-15-10-13(16)12-8-6-5-7-9-12/h5-9,13,15-16H,4,10-11H2,1-3H3. The summed E-state index contributed by atoms with van der Waals surface area (Å²) in [5, 5.41) is 13.3. The van der Waals surface area contributed by atoms with Gasteiger partial charge in [-0.15, -0.1) is 0 Å². The zero-order valence-electron chi connectivity index (χ0n) is 10.5. The Morgan fingerprint density at radius 3 is 2.44 bits per heavy atom. The molecule has 0 saturated heterocycles. The molecule has 0 heterocycles. The number of hydrogen-bond acceptors (Lipinski definition) is 2. The molecule has 0 aliphatic carbocycles. The quantitative estimate of drug-likeness (QED) is 0.774. The second kappa shape index (κ2) is 6.02. The third kappa shape index (κ3) is 4.33. The Morgan fingerprint density at radius 1 is 1.25 bits per heavy atom. The molecule has 0 aliphatic heterocycles. The predicted octanol–water partition coefficient (Wildman–Crippen LogP) is 2.75. The molecule has 0 radical (unpaired) electrons. The van der Waals surface area contributed by atoms with Crippen LogP contribution in [-0.2, 0) is 0 Å². The van der Waals surface area contributed by atoms with Gasteiger partial charge in [0.15, 0.2) is 0 Å². The number of aliphatic hydroxyl groups excluding tert-OH is 1. The summed E-state index contributed by atoms with van der Waals surface area (Å²) in [5.41, 5.74) is 1.28. The molecular formula is C14H23NO. The molecule has 16 heavy (non-hydrogen) atoms. The van der Waals surface area contributed by atoms with Crippen molar-refractivity contribution in [3.8, 4) is 0 Å². The van der Waals surface area contributed by atoms with Crippen LogP contribution >= 0.6 is 0 Å². The van der Waals surface area contributed by atoms with Gasteiger partial charge < -0.3 is 10.4 Å². The Labute approximate surface area is 98.7 Å². The van der Waals surface area contributed by atoms with Crippen LogP contribution < -0.4 is 5.32 Å². The lowest BCUT2D eigenvalue weighted by Crippen LogP contribution is -2.31. The highest BCUT2D eigenvalue weighted by atomic mass is 16.3. The average molecular weight is 221 g/mol. The van der Waals surface area contributed by atoms with Crippen molar-refractivity contribution in [1.82, 2.24) is 5.32 Å². The summed E-state index contributed by atoms with van der Waals surface area (Å²) in [5.74, 6) is 0. The van der Waals surface area contributed by atoms with Crippen molar-refractivity contribution in [3.63, 3.8) is 0 Å². The molecule has 90 valence electrons. The maximum Gasteiger partial charge on any atom is 0.0914 e. The summed E-state index contributed by atoms with van der Waals surface area (Å²) in [6.45, 7) is 8.21. The summed E-state index contributed by atoms with van der Waals surface area (Å²) in [7, 11) is 0. The number of aliphatic hydroxyl groups is 1. The minimum atomic E-state index is -0.408. The van der Waals surface area contributed by atoms with Crippen LogP contribution in [0.5, 0.6) is 0 Å². The van der Waals surface area contributed by atoms with Crippen LogP contribution in [-0.4, -0.2) is 18.2 Å². The van der Waals surface area contributed by atoms with Crippen LogP contribution in [0.1, 0.15) is 38.9 Å². The number of nitrogens with one attached hydrogen (secondary N) is 1. The van der Waals surface area contributed by atoms with E-state index in [1.807, 2.05) is 30.3 Å². The molecule has 1 rings (SSSR count). The summed E-state index contributed by atoms with van der Waals surface area (Å²) in [6.07, 6.45) is 0.732. The maximum atomic E-state index is 9.93. The molecule has 0 spiro atoms. The Kier molecular flexibility index (Phi) is 4.97. The van der Waals surface area contributed by atoms with Gasteiger partial charge in [-0.1, -0.05) is 51.1 Å². The highest BCUT2D eigenvalue weighted by Gasteiger charge is 2.15. The minimum Gasteiger partial charge on any atom is -0.387 e. The summed E-state index contributed by atoms with van der Waals surface area (Å²) in [6, 6.07) is 9.78. The number of hydrogen-bond donors (Lipinski definition) is 2. The smallest absolute Gasteiger partial charge is 0.0914 e. The van der Waals surface area contributed by atoms with Gasteiger partial charge in [0.1, 0.15) is 0 Å². The lowest BCUT2D eigenvalue weighted by molar-refractivity contribution is 0.168. The molecule has 0 aliphatic rings. The lowest BCUT2D eigenvalue weighted by Gasteiger charge is -2.24. The molecule has 0 saturated carbocycles. The second-order valence-electron chi connectivity index (χ2n) is 5.08. The van der Waals surface area contributed by atoms with Gasteiger partial charge in [0, 0.05) is 13.1 Å². The summed E-state index contributed by atoms with van der Waals surface area (Å²) < 4.78 is 0. The van der Waals surface area contributed by atoms with E-state index in [0.29, 0.717) is 12.0 Å². The molecule has 0 aromatic heterocycles. The van der Waals surface area contributed by atoms with Crippen molar-refractivity contribution in [2.75, 3.05) is 13.1 Å². The molecule has 2 N–H and O–H groups in total.